The van der Waals surface area contributed by atoms with E-state index in [0.29, 0.717) is 31.2 Å². The number of aromatic nitrogens is 3. The zero-order chi connectivity index (χ0) is 18.0. The number of nitrogens with zero attached hydrogens (tertiary/aromatic N) is 4. The Balaban J connectivity index is 1.66. The number of ether oxygens (including phenoxy) is 1. The Hall–Kier alpha value is -3.10. The van der Waals surface area contributed by atoms with Crippen LogP contribution in [0.2, 0.25) is 0 Å². The standard InChI is InChI=1S/C16H19N5O4/c1-20(2)12-7-17-8-15(18-12)25-11-3-4-21(9-11)16(24)10-5-13(22)19-14(23)6-10/h5-8,11H,3-4,9H2,1-2H3,(H2,19,22,23). The summed E-state index contributed by atoms with van der Waals surface area (Å²) in [5.74, 6) is 0.431. The van der Waals surface area contributed by atoms with E-state index >= 15 is 0 Å². The van der Waals surface area contributed by atoms with Gasteiger partial charge in [0.2, 0.25) is 5.88 Å². The summed E-state index contributed by atoms with van der Waals surface area (Å²) in [5, 5.41) is 9.43. The molecule has 132 valence electrons. The second-order valence-electron chi connectivity index (χ2n) is 6.01. The van der Waals surface area contributed by atoms with Crippen LogP contribution < -0.4 is 15.2 Å². The fourth-order valence-corrected chi connectivity index (χ4v) is 2.62. The first-order valence-electron chi connectivity index (χ1n) is 7.81. The maximum atomic E-state index is 12.5. The first-order valence-corrected chi connectivity index (χ1v) is 7.81. The molecule has 0 bridgehead atoms. The Morgan fingerprint density at radius 1 is 1.40 bits per heavy atom. The third kappa shape index (κ3) is 3.87. The monoisotopic (exact) mass is 345 g/mol. The summed E-state index contributed by atoms with van der Waals surface area (Å²) >= 11 is 0. The van der Waals surface area contributed by atoms with Gasteiger partial charge in [0.1, 0.15) is 6.10 Å². The molecule has 9 heteroatoms. The van der Waals surface area contributed by atoms with E-state index in [1.54, 1.807) is 11.1 Å². The van der Waals surface area contributed by atoms with E-state index in [1.165, 1.54) is 18.3 Å². The number of likely N-dealkylation sites (tertiary alicyclic amines) is 1. The largest absolute Gasteiger partial charge is 0.494 e. The molecule has 1 fully saturated rings. The molecule has 3 rings (SSSR count). The number of nitrogens with one attached hydrogen (secondary N) is 1. The highest BCUT2D eigenvalue weighted by Crippen LogP contribution is 2.20. The van der Waals surface area contributed by atoms with Crippen molar-refractivity contribution >= 4 is 11.7 Å². The number of pyridine rings is 1. The number of hydrogen-bond donors (Lipinski definition) is 2. The lowest BCUT2D eigenvalue weighted by molar-refractivity contribution is 0.0770. The zero-order valence-electron chi connectivity index (χ0n) is 14.0. The molecular formula is C16H19N5O4. The highest BCUT2D eigenvalue weighted by atomic mass is 16.5. The first-order chi connectivity index (χ1) is 11.9. The number of rotatable bonds is 4. The zero-order valence-corrected chi connectivity index (χ0v) is 14.0. The molecule has 1 aliphatic heterocycles. The van der Waals surface area contributed by atoms with Crippen molar-refractivity contribution in [2.75, 3.05) is 32.1 Å². The van der Waals surface area contributed by atoms with Crippen molar-refractivity contribution in [2.45, 2.75) is 12.5 Å². The molecule has 9 nitrogen and oxygen atoms in total. The van der Waals surface area contributed by atoms with Crippen molar-refractivity contribution in [3.8, 4) is 11.8 Å². The predicted molar refractivity (Wildman–Crippen MR) is 90.0 cm³/mol. The maximum Gasteiger partial charge on any atom is 0.254 e. The van der Waals surface area contributed by atoms with Gasteiger partial charge in [-0.05, 0) is 0 Å². The van der Waals surface area contributed by atoms with Gasteiger partial charge in [0.15, 0.2) is 11.7 Å². The number of carbonyl (C=O) groups is 1. The fourth-order valence-electron chi connectivity index (χ4n) is 2.62. The van der Waals surface area contributed by atoms with Gasteiger partial charge < -0.3 is 19.6 Å². The molecule has 0 aromatic carbocycles. The second kappa shape index (κ2) is 6.80. The van der Waals surface area contributed by atoms with Gasteiger partial charge in [-0.3, -0.25) is 19.6 Å². The number of anilines is 1. The number of H-pyrrole nitrogens is 1. The summed E-state index contributed by atoms with van der Waals surface area (Å²) in [7, 11) is 3.72. The van der Waals surface area contributed by atoms with Crippen LogP contribution >= 0.6 is 0 Å². The summed E-state index contributed by atoms with van der Waals surface area (Å²) in [6.07, 6.45) is 3.61. The molecule has 3 heterocycles. The van der Waals surface area contributed by atoms with E-state index in [4.69, 9.17) is 4.74 Å². The molecule has 1 saturated heterocycles. The number of aromatic hydroxyl groups is 1. The molecule has 0 saturated carbocycles. The van der Waals surface area contributed by atoms with Crippen LogP contribution in [0.3, 0.4) is 0 Å². The average molecular weight is 345 g/mol. The average Bonchev–Trinajstić information content (AvgIpc) is 3.02. The van der Waals surface area contributed by atoms with E-state index in [0.717, 1.165) is 0 Å². The molecule has 1 aliphatic rings. The summed E-state index contributed by atoms with van der Waals surface area (Å²) < 4.78 is 5.82. The van der Waals surface area contributed by atoms with E-state index in [-0.39, 0.29) is 23.5 Å². The Bertz CT molecular complexity index is 835. The Kier molecular flexibility index (Phi) is 4.55. The summed E-state index contributed by atoms with van der Waals surface area (Å²) in [6.45, 7) is 0.873. The molecule has 25 heavy (non-hydrogen) atoms. The molecular weight excluding hydrogens is 326 g/mol. The third-order valence-corrected chi connectivity index (χ3v) is 3.85. The van der Waals surface area contributed by atoms with Crippen LogP contribution in [-0.2, 0) is 0 Å². The second-order valence-corrected chi connectivity index (χ2v) is 6.01. The maximum absolute atomic E-state index is 12.5. The van der Waals surface area contributed by atoms with Gasteiger partial charge in [0, 0.05) is 39.2 Å². The SMILES string of the molecule is CN(C)c1cncc(OC2CCN(C(=O)c3cc(O)[nH]c(=O)c3)C2)n1. The fraction of sp³-hybridized carbons (Fsp3) is 0.375. The van der Waals surface area contributed by atoms with Crippen LogP contribution in [0, 0.1) is 0 Å². The van der Waals surface area contributed by atoms with Gasteiger partial charge in [-0.15, -0.1) is 0 Å². The minimum absolute atomic E-state index is 0.149. The van der Waals surface area contributed by atoms with E-state index < -0.39 is 5.56 Å². The topological polar surface area (TPSA) is 112 Å². The van der Waals surface area contributed by atoms with Crippen molar-refractivity contribution in [3.05, 3.63) is 40.4 Å². The highest BCUT2D eigenvalue weighted by molar-refractivity contribution is 5.94. The lowest BCUT2D eigenvalue weighted by Gasteiger charge is -2.17. The van der Waals surface area contributed by atoms with Crippen LogP contribution in [-0.4, -0.2) is 64.2 Å². The van der Waals surface area contributed by atoms with E-state index in [2.05, 4.69) is 15.0 Å². The minimum Gasteiger partial charge on any atom is -0.494 e. The van der Waals surface area contributed by atoms with Crippen LogP contribution in [0.15, 0.2) is 29.3 Å². The lowest BCUT2D eigenvalue weighted by Crippen LogP contribution is -2.31. The molecule has 2 aromatic rings. The van der Waals surface area contributed by atoms with Gasteiger partial charge in [-0.2, -0.15) is 4.98 Å². The molecule has 2 N–H and O–H groups in total. The van der Waals surface area contributed by atoms with Gasteiger partial charge in [0.05, 0.1) is 24.5 Å². The predicted octanol–water partition coefficient (Wildman–Crippen LogP) is 0.230. The quantitative estimate of drug-likeness (QED) is 0.816. The van der Waals surface area contributed by atoms with Gasteiger partial charge >= 0.3 is 0 Å². The van der Waals surface area contributed by atoms with Crippen LogP contribution in [0.4, 0.5) is 5.82 Å². The number of aromatic amines is 1. The van der Waals surface area contributed by atoms with Gasteiger partial charge in [0.25, 0.3) is 11.5 Å². The van der Waals surface area contributed by atoms with Gasteiger partial charge in [-0.25, -0.2) is 0 Å². The minimum atomic E-state index is -0.522. The summed E-state index contributed by atoms with van der Waals surface area (Å²) in [4.78, 5) is 37.9. The van der Waals surface area contributed by atoms with E-state index in [1.807, 2.05) is 19.0 Å². The molecule has 2 aromatic heterocycles. The van der Waals surface area contributed by atoms with Crippen LogP contribution in [0.5, 0.6) is 11.8 Å². The third-order valence-electron chi connectivity index (χ3n) is 3.85. The highest BCUT2D eigenvalue weighted by Gasteiger charge is 2.29. The number of amides is 1. The molecule has 0 radical (unpaired) electrons. The summed E-state index contributed by atoms with van der Waals surface area (Å²) in [5.41, 5.74) is -0.373. The van der Waals surface area contributed by atoms with Crippen LogP contribution in [0.25, 0.3) is 0 Å². The Morgan fingerprint density at radius 3 is 2.92 bits per heavy atom. The van der Waals surface area contributed by atoms with Crippen LogP contribution in [0.1, 0.15) is 16.8 Å². The Morgan fingerprint density at radius 2 is 2.20 bits per heavy atom. The van der Waals surface area contributed by atoms with Crippen molar-refractivity contribution < 1.29 is 14.6 Å². The normalized spacial score (nSPS) is 16.7. The summed E-state index contributed by atoms with van der Waals surface area (Å²) in [6, 6.07) is 2.41. The van der Waals surface area contributed by atoms with Crippen molar-refractivity contribution in [1.82, 2.24) is 19.9 Å². The lowest BCUT2D eigenvalue weighted by atomic mass is 10.2. The van der Waals surface area contributed by atoms with Crippen molar-refractivity contribution in [2.24, 2.45) is 0 Å². The van der Waals surface area contributed by atoms with Gasteiger partial charge in [-0.1, -0.05) is 0 Å². The molecule has 0 spiro atoms. The molecule has 1 atom stereocenters. The van der Waals surface area contributed by atoms with E-state index in [9.17, 15) is 14.7 Å². The molecule has 1 amide bonds. The Labute approximate surface area is 143 Å². The smallest absolute Gasteiger partial charge is 0.254 e. The number of hydrogen-bond acceptors (Lipinski definition) is 7. The van der Waals surface area contributed by atoms with Crippen molar-refractivity contribution in [1.29, 1.82) is 0 Å². The molecule has 0 aliphatic carbocycles. The molecule has 1 unspecified atom stereocenters. The first kappa shape index (κ1) is 16.7. The van der Waals surface area contributed by atoms with Crippen molar-refractivity contribution in [3.63, 3.8) is 0 Å². The number of carbonyl (C=O) groups excluding carboxylic acids is 1.